The molecule has 0 saturated heterocycles. The van der Waals surface area contributed by atoms with Crippen molar-refractivity contribution in [3.63, 3.8) is 0 Å². The van der Waals surface area contributed by atoms with Gasteiger partial charge in [-0.2, -0.15) is 4.31 Å². The number of ketones is 1. The Balaban J connectivity index is 1.76. The van der Waals surface area contributed by atoms with Crippen LogP contribution in [0.3, 0.4) is 0 Å². The number of pyridine rings is 1. The van der Waals surface area contributed by atoms with Gasteiger partial charge in [0, 0.05) is 35.1 Å². The Bertz CT molecular complexity index is 1560. The van der Waals surface area contributed by atoms with E-state index >= 15 is 0 Å². The average Bonchev–Trinajstić information content (AvgIpc) is 2.88. The molecule has 0 amide bonds. The number of aromatic amines is 1. The number of carbonyl (C=O) groups excluding carboxylic acids is 1. The van der Waals surface area contributed by atoms with Crippen molar-refractivity contribution in [3.05, 3.63) is 99.8 Å². The SMILES string of the molecule is COc1ccc(CN(Cc2cc3cc(OC)ccc3[nH]c2=O)S(=O)(=O)c2ccc(C(C)=O)cc2)cc1. The maximum Gasteiger partial charge on any atom is 0.252 e. The third-order valence-electron chi connectivity index (χ3n) is 5.89. The number of hydrogen-bond acceptors (Lipinski definition) is 6. The summed E-state index contributed by atoms with van der Waals surface area (Å²) in [6.45, 7) is 1.28. The van der Waals surface area contributed by atoms with E-state index in [0.717, 1.165) is 10.9 Å². The molecule has 0 aliphatic heterocycles. The minimum absolute atomic E-state index is 0.0242. The molecule has 0 unspecified atom stereocenters. The Morgan fingerprint density at radius 2 is 1.50 bits per heavy atom. The number of H-pyrrole nitrogens is 1. The number of aromatic nitrogens is 1. The van der Waals surface area contributed by atoms with E-state index in [2.05, 4.69) is 4.98 Å². The van der Waals surface area contributed by atoms with Crippen molar-refractivity contribution in [2.45, 2.75) is 24.9 Å². The molecule has 186 valence electrons. The third kappa shape index (κ3) is 5.32. The lowest BCUT2D eigenvalue weighted by Gasteiger charge is -2.23. The number of benzene rings is 3. The number of methoxy groups -OCH3 is 2. The summed E-state index contributed by atoms with van der Waals surface area (Å²) in [5.41, 5.74) is 1.66. The van der Waals surface area contributed by atoms with E-state index in [9.17, 15) is 18.0 Å². The van der Waals surface area contributed by atoms with Crippen LogP contribution in [-0.4, -0.2) is 37.7 Å². The smallest absolute Gasteiger partial charge is 0.252 e. The van der Waals surface area contributed by atoms with Crippen molar-refractivity contribution >= 4 is 26.7 Å². The topological polar surface area (TPSA) is 106 Å². The predicted molar refractivity (Wildman–Crippen MR) is 137 cm³/mol. The quantitative estimate of drug-likeness (QED) is 0.342. The van der Waals surface area contributed by atoms with Crippen LogP contribution in [0.1, 0.15) is 28.4 Å². The zero-order chi connectivity index (χ0) is 25.9. The zero-order valence-electron chi connectivity index (χ0n) is 20.1. The van der Waals surface area contributed by atoms with Gasteiger partial charge in [0.15, 0.2) is 5.78 Å². The molecule has 0 saturated carbocycles. The van der Waals surface area contributed by atoms with Gasteiger partial charge in [0.05, 0.1) is 19.1 Å². The Morgan fingerprint density at radius 3 is 2.11 bits per heavy atom. The van der Waals surface area contributed by atoms with Crippen molar-refractivity contribution < 1.29 is 22.7 Å². The van der Waals surface area contributed by atoms with Gasteiger partial charge in [0.25, 0.3) is 5.56 Å². The predicted octanol–water partition coefficient (Wildman–Crippen LogP) is 4.14. The van der Waals surface area contributed by atoms with E-state index < -0.39 is 10.0 Å². The van der Waals surface area contributed by atoms with E-state index in [-0.39, 0.29) is 34.9 Å². The summed E-state index contributed by atoms with van der Waals surface area (Å²) in [5.74, 6) is 1.11. The summed E-state index contributed by atoms with van der Waals surface area (Å²) in [6, 6.07) is 19.7. The van der Waals surface area contributed by atoms with Crippen molar-refractivity contribution in [2.75, 3.05) is 14.2 Å². The number of hydrogen-bond donors (Lipinski definition) is 1. The maximum atomic E-state index is 13.7. The van der Waals surface area contributed by atoms with Crippen LogP contribution in [-0.2, 0) is 23.1 Å². The summed E-state index contributed by atoms with van der Waals surface area (Å²) in [4.78, 5) is 27.4. The molecule has 0 bridgehead atoms. The first-order valence-corrected chi connectivity index (χ1v) is 12.6. The van der Waals surface area contributed by atoms with Crippen LogP contribution in [0.25, 0.3) is 10.9 Å². The number of nitrogens with one attached hydrogen (secondary N) is 1. The summed E-state index contributed by atoms with van der Waals surface area (Å²) in [5, 5.41) is 0.719. The lowest BCUT2D eigenvalue weighted by molar-refractivity contribution is 0.101. The summed E-state index contributed by atoms with van der Waals surface area (Å²) in [7, 11) is -0.922. The van der Waals surface area contributed by atoms with E-state index in [1.165, 1.54) is 35.5 Å². The minimum Gasteiger partial charge on any atom is -0.497 e. The molecule has 4 rings (SSSR count). The standard InChI is InChI=1S/C27H26N2O6S/c1-18(30)20-6-11-25(12-7-20)36(32,33)29(16-19-4-8-23(34-2)9-5-19)17-22-14-21-15-24(35-3)10-13-26(21)28-27(22)31/h4-15H,16-17H2,1-3H3,(H,28,31). The first kappa shape index (κ1) is 25.2. The lowest BCUT2D eigenvalue weighted by Crippen LogP contribution is -2.32. The molecular formula is C27H26N2O6S. The van der Waals surface area contributed by atoms with Gasteiger partial charge in [-0.15, -0.1) is 0 Å². The van der Waals surface area contributed by atoms with Crippen LogP contribution in [0, 0.1) is 0 Å². The van der Waals surface area contributed by atoms with Crippen LogP contribution < -0.4 is 15.0 Å². The Hall–Kier alpha value is -3.95. The molecule has 0 spiro atoms. The molecule has 1 N–H and O–H groups in total. The molecule has 1 aromatic heterocycles. The van der Waals surface area contributed by atoms with Crippen molar-refractivity contribution in [3.8, 4) is 11.5 Å². The van der Waals surface area contributed by atoms with E-state index in [1.54, 1.807) is 62.8 Å². The monoisotopic (exact) mass is 506 g/mol. The van der Waals surface area contributed by atoms with Crippen LogP contribution >= 0.6 is 0 Å². The van der Waals surface area contributed by atoms with Crippen LogP contribution in [0.5, 0.6) is 11.5 Å². The largest absolute Gasteiger partial charge is 0.497 e. The number of carbonyl (C=O) groups is 1. The van der Waals surface area contributed by atoms with Gasteiger partial charge in [-0.25, -0.2) is 8.42 Å². The first-order chi connectivity index (χ1) is 17.2. The highest BCUT2D eigenvalue weighted by molar-refractivity contribution is 7.89. The van der Waals surface area contributed by atoms with Crippen molar-refractivity contribution in [1.29, 1.82) is 0 Å². The van der Waals surface area contributed by atoms with Crippen LogP contribution in [0.4, 0.5) is 0 Å². The van der Waals surface area contributed by atoms with Gasteiger partial charge >= 0.3 is 0 Å². The van der Waals surface area contributed by atoms with Gasteiger partial charge < -0.3 is 14.5 Å². The highest BCUT2D eigenvalue weighted by Crippen LogP contribution is 2.24. The number of sulfonamides is 1. The molecule has 36 heavy (non-hydrogen) atoms. The van der Waals surface area contributed by atoms with Crippen LogP contribution in [0.15, 0.2) is 82.5 Å². The Labute approximate surface area is 209 Å². The molecule has 9 heteroatoms. The fourth-order valence-corrected chi connectivity index (χ4v) is 5.24. The fraction of sp³-hybridized carbons (Fsp3) is 0.185. The molecule has 0 atom stereocenters. The van der Waals surface area contributed by atoms with Crippen molar-refractivity contribution in [1.82, 2.24) is 9.29 Å². The van der Waals surface area contributed by atoms with Gasteiger partial charge in [0.1, 0.15) is 11.5 Å². The first-order valence-electron chi connectivity index (χ1n) is 11.2. The number of fused-ring (bicyclic) bond motifs is 1. The molecule has 8 nitrogen and oxygen atoms in total. The molecule has 4 aromatic rings. The highest BCUT2D eigenvalue weighted by Gasteiger charge is 2.26. The molecule has 3 aromatic carbocycles. The second-order valence-electron chi connectivity index (χ2n) is 8.28. The second-order valence-corrected chi connectivity index (χ2v) is 10.2. The van der Waals surface area contributed by atoms with Gasteiger partial charge in [0.2, 0.25) is 10.0 Å². The van der Waals surface area contributed by atoms with Gasteiger partial charge in [-0.1, -0.05) is 24.3 Å². The molecule has 1 heterocycles. The third-order valence-corrected chi connectivity index (χ3v) is 7.70. The molecule has 0 radical (unpaired) electrons. The van der Waals surface area contributed by atoms with E-state index in [1.807, 2.05) is 0 Å². The molecular weight excluding hydrogens is 480 g/mol. The molecule has 0 aliphatic carbocycles. The van der Waals surface area contributed by atoms with Crippen LogP contribution in [0.2, 0.25) is 0 Å². The normalized spacial score (nSPS) is 11.6. The average molecular weight is 507 g/mol. The zero-order valence-corrected chi connectivity index (χ0v) is 21.0. The summed E-state index contributed by atoms with van der Waals surface area (Å²) in [6.07, 6.45) is 0. The molecule has 0 fully saturated rings. The van der Waals surface area contributed by atoms with Gasteiger partial charge in [-0.3, -0.25) is 9.59 Å². The van der Waals surface area contributed by atoms with E-state index in [0.29, 0.717) is 22.6 Å². The Morgan fingerprint density at radius 1 is 0.861 bits per heavy atom. The maximum absolute atomic E-state index is 13.7. The number of ether oxygens (including phenoxy) is 2. The van der Waals surface area contributed by atoms with Crippen molar-refractivity contribution in [2.24, 2.45) is 0 Å². The second kappa shape index (κ2) is 10.3. The number of Topliss-reactive ketones (excluding diaryl/α,β-unsaturated/α-hetero) is 1. The number of nitrogens with zero attached hydrogens (tertiary/aromatic N) is 1. The summed E-state index contributed by atoms with van der Waals surface area (Å²) < 4.78 is 39.1. The Kier molecular flexibility index (Phi) is 7.23. The van der Waals surface area contributed by atoms with Gasteiger partial charge in [-0.05, 0) is 61.0 Å². The molecule has 0 aliphatic rings. The minimum atomic E-state index is -4.03. The number of rotatable bonds is 9. The highest BCUT2D eigenvalue weighted by atomic mass is 32.2. The van der Waals surface area contributed by atoms with E-state index in [4.69, 9.17) is 9.47 Å². The fourth-order valence-electron chi connectivity index (χ4n) is 3.84. The summed E-state index contributed by atoms with van der Waals surface area (Å²) >= 11 is 0. The lowest BCUT2D eigenvalue weighted by atomic mass is 10.1.